The molecule has 3 heterocycles. The first kappa shape index (κ1) is 17.6. The van der Waals surface area contributed by atoms with Crippen LogP contribution >= 0.6 is 11.6 Å². The Hall–Kier alpha value is -1.79. The SMILES string of the molecule is O=C(O)C1CCO[C@H]1C1CCN(C(=O)C2Cc3cc(Cl)ccc3O2)CC1. The van der Waals surface area contributed by atoms with Crippen LogP contribution in [0.5, 0.6) is 5.75 Å². The van der Waals surface area contributed by atoms with E-state index in [9.17, 15) is 14.7 Å². The second kappa shape index (κ2) is 7.08. The highest BCUT2D eigenvalue weighted by molar-refractivity contribution is 6.30. The summed E-state index contributed by atoms with van der Waals surface area (Å²) in [5.41, 5.74) is 0.967. The number of halogens is 1. The van der Waals surface area contributed by atoms with Gasteiger partial charge in [-0.3, -0.25) is 9.59 Å². The van der Waals surface area contributed by atoms with Gasteiger partial charge in [0.05, 0.1) is 12.0 Å². The molecule has 2 unspecified atom stereocenters. The summed E-state index contributed by atoms with van der Waals surface area (Å²) in [7, 11) is 0. The van der Waals surface area contributed by atoms with Crippen molar-refractivity contribution in [1.29, 1.82) is 0 Å². The largest absolute Gasteiger partial charge is 0.481 e. The molecular formula is C19H22ClNO5. The Balaban J connectivity index is 1.34. The summed E-state index contributed by atoms with van der Waals surface area (Å²) < 4.78 is 11.5. The minimum atomic E-state index is -0.776. The summed E-state index contributed by atoms with van der Waals surface area (Å²) in [5.74, 6) is -0.270. The average molecular weight is 380 g/mol. The number of nitrogens with zero attached hydrogens (tertiary/aromatic N) is 1. The van der Waals surface area contributed by atoms with E-state index in [2.05, 4.69) is 0 Å². The molecule has 140 valence electrons. The first-order valence-electron chi connectivity index (χ1n) is 9.11. The minimum Gasteiger partial charge on any atom is -0.481 e. The first-order chi connectivity index (χ1) is 12.5. The normalized spacial score (nSPS) is 28.7. The third kappa shape index (κ3) is 3.28. The van der Waals surface area contributed by atoms with Crippen molar-refractivity contribution in [2.45, 2.75) is 37.9 Å². The third-order valence-electron chi connectivity index (χ3n) is 5.74. The van der Waals surface area contributed by atoms with E-state index in [-0.39, 0.29) is 17.9 Å². The van der Waals surface area contributed by atoms with E-state index in [1.165, 1.54) is 0 Å². The summed E-state index contributed by atoms with van der Waals surface area (Å²) >= 11 is 6.01. The Labute approximate surface area is 157 Å². The fraction of sp³-hybridized carbons (Fsp3) is 0.579. The molecule has 2 saturated heterocycles. The van der Waals surface area contributed by atoms with Crippen molar-refractivity contribution in [3.05, 3.63) is 28.8 Å². The lowest BCUT2D eigenvalue weighted by atomic mass is 9.84. The molecule has 3 atom stereocenters. The van der Waals surface area contributed by atoms with Crippen molar-refractivity contribution in [2.75, 3.05) is 19.7 Å². The molecule has 4 rings (SSSR count). The van der Waals surface area contributed by atoms with Crippen LogP contribution < -0.4 is 4.74 Å². The second-order valence-corrected chi connectivity index (χ2v) is 7.73. The van der Waals surface area contributed by atoms with Crippen molar-refractivity contribution in [1.82, 2.24) is 4.90 Å². The predicted octanol–water partition coefficient (Wildman–Crippen LogP) is 2.37. The fourth-order valence-corrected chi connectivity index (χ4v) is 4.54. The summed E-state index contributed by atoms with van der Waals surface area (Å²) in [6.07, 6.45) is 1.95. The van der Waals surface area contributed by atoms with Crippen molar-refractivity contribution < 1.29 is 24.2 Å². The van der Waals surface area contributed by atoms with Crippen LogP contribution in [0.15, 0.2) is 18.2 Å². The number of likely N-dealkylation sites (tertiary alicyclic amines) is 1. The van der Waals surface area contributed by atoms with Gasteiger partial charge in [0, 0.05) is 31.1 Å². The third-order valence-corrected chi connectivity index (χ3v) is 5.98. The summed E-state index contributed by atoms with van der Waals surface area (Å²) in [5, 5.41) is 9.98. The van der Waals surface area contributed by atoms with Gasteiger partial charge in [0.2, 0.25) is 0 Å². The van der Waals surface area contributed by atoms with Gasteiger partial charge in [0.15, 0.2) is 6.10 Å². The molecule has 2 fully saturated rings. The fourth-order valence-electron chi connectivity index (χ4n) is 4.35. The number of ether oxygens (including phenoxy) is 2. The Morgan fingerprint density at radius 2 is 1.96 bits per heavy atom. The predicted molar refractivity (Wildman–Crippen MR) is 94.4 cm³/mol. The second-order valence-electron chi connectivity index (χ2n) is 7.29. The number of amides is 1. The zero-order chi connectivity index (χ0) is 18.3. The van der Waals surface area contributed by atoms with Crippen LogP contribution in [0.2, 0.25) is 5.02 Å². The van der Waals surface area contributed by atoms with Gasteiger partial charge in [-0.1, -0.05) is 11.6 Å². The molecule has 6 nitrogen and oxygen atoms in total. The number of hydrogen-bond acceptors (Lipinski definition) is 4. The lowest BCUT2D eigenvalue weighted by Gasteiger charge is -2.36. The van der Waals surface area contributed by atoms with Crippen LogP contribution in [0.25, 0.3) is 0 Å². The Morgan fingerprint density at radius 1 is 1.19 bits per heavy atom. The molecule has 3 aliphatic rings. The van der Waals surface area contributed by atoms with Gasteiger partial charge < -0.3 is 19.5 Å². The molecule has 0 spiro atoms. The zero-order valence-corrected chi connectivity index (χ0v) is 15.2. The van der Waals surface area contributed by atoms with Crippen LogP contribution in [0.1, 0.15) is 24.8 Å². The average Bonchev–Trinajstić information content (AvgIpc) is 3.28. The lowest BCUT2D eigenvalue weighted by Crippen LogP contribution is -2.47. The Bertz CT molecular complexity index is 716. The maximum atomic E-state index is 12.8. The van der Waals surface area contributed by atoms with Crippen molar-refractivity contribution >= 4 is 23.5 Å². The highest BCUT2D eigenvalue weighted by atomic mass is 35.5. The van der Waals surface area contributed by atoms with E-state index in [0.29, 0.717) is 37.6 Å². The quantitative estimate of drug-likeness (QED) is 0.872. The van der Waals surface area contributed by atoms with Gasteiger partial charge in [-0.15, -0.1) is 0 Å². The summed E-state index contributed by atoms with van der Waals surface area (Å²) in [4.78, 5) is 26.0. The topological polar surface area (TPSA) is 76.1 Å². The molecule has 3 aliphatic heterocycles. The smallest absolute Gasteiger partial charge is 0.309 e. The molecular weight excluding hydrogens is 358 g/mol. The molecule has 1 aromatic carbocycles. The molecule has 0 bridgehead atoms. The first-order valence-corrected chi connectivity index (χ1v) is 9.49. The highest BCUT2D eigenvalue weighted by Gasteiger charge is 2.42. The van der Waals surface area contributed by atoms with Gasteiger partial charge in [0.25, 0.3) is 5.91 Å². The molecule has 7 heteroatoms. The van der Waals surface area contributed by atoms with E-state index in [1.807, 2.05) is 11.0 Å². The number of carbonyl (C=O) groups excluding carboxylic acids is 1. The van der Waals surface area contributed by atoms with Crippen molar-refractivity contribution in [2.24, 2.45) is 11.8 Å². The van der Waals surface area contributed by atoms with Crippen LogP contribution in [0, 0.1) is 11.8 Å². The number of carbonyl (C=O) groups is 2. The van der Waals surface area contributed by atoms with E-state index in [0.717, 1.165) is 24.2 Å². The van der Waals surface area contributed by atoms with Gasteiger partial charge in [-0.05, 0) is 48.9 Å². The maximum Gasteiger partial charge on any atom is 0.309 e. The number of rotatable bonds is 3. The number of piperidine rings is 1. The van der Waals surface area contributed by atoms with E-state index < -0.39 is 18.0 Å². The molecule has 1 N–H and O–H groups in total. The van der Waals surface area contributed by atoms with E-state index >= 15 is 0 Å². The van der Waals surface area contributed by atoms with Gasteiger partial charge in [-0.25, -0.2) is 0 Å². The Morgan fingerprint density at radius 3 is 2.69 bits per heavy atom. The molecule has 0 aliphatic carbocycles. The zero-order valence-electron chi connectivity index (χ0n) is 14.4. The number of benzene rings is 1. The number of carboxylic acid groups (broad SMARTS) is 1. The molecule has 0 saturated carbocycles. The van der Waals surface area contributed by atoms with Gasteiger partial charge >= 0.3 is 5.97 Å². The van der Waals surface area contributed by atoms with Crippen LogP contribution in [0.4, 0.5) is 0 Å². The highest BCUT2D eigenvalue weighted by Crippen LogP contribution is 2.35. The molecule has 1 amide bonds. The lowest BCUT2D eigenvalue weighted by molar-refractivity contribution is -0.146. The number of aliphatic carboxylic acids is 1. The minimum absolute atomic E-state index is 0.00195. The van der Waals surface area contributed by atoms with Gasteiger partial charge in [0.1, 0.15) is 5.75 Å². The maximum absolute atomic E-state index is 12.8. The van der Waals surface area contributed by atoms with Crippen LogP contribution in [0.3, 0.4) is 0 Å². The van der Waals surface area contributed by atoms with Crippen LogP contribution in [-0.4, -0.2) is 53.8 Å². The van der Waals surface area contributed by atoms with Gasteiger partial charge in [-0.2, -0.15) is 0 Å². The number of carboxylic acids is 1. The number of hydrogen-bond donors (Lipinski definition) is 1. The number of fused-ring (bicyclic) bond motifs is 1. The van der Waals surface area contributed by atoms with E-state index in [4.69, 9.17) is 21.1 Å². The molecule has 0 radical (unpaired) electrons. The molecule has 1 aromatic rings. The summed E-state index contributed by atoms with van der Waals surface area (Å²) in [6, 6.07) is 5.42. The van der Waals surface area contributed by atoms with Crippen LogP contribution in [-0.2, 0) is 20.7 Å². The monoisotopic (exact) mass is 379 g/mol. The van der Waals surface area contributed by atoms with Crippen molar-refractivity contribution in [3.8, 4) is 5.75 Å². The van der Waals surface area contributed by atoms with E-state index in [1.54, 1.807) is 12.1 Å². The van der Waals surface area contributed by atoms with Crippen molar-refractivity contribution in [3.63, 3.8) is 0 Å². The standard InChI is InChI=1S/C19H22ClNO5/c20-13-1-2-15-12(9-13)10-16(26-15)18(22)21-6-3-11(4-7-21)17-14(19(23)24)5-8-25-17/h1-2,9,11,14,16-17H,3-8,10H2,(H,23,24)/t14?,16?,17-/m0/s1. The summed E-state index contributed by atoms with van der Waals surface area (Å²) in [6.45, 7) is 1.75. The molecule has 26 heavy (non-hydrogen) atoms. The Kier molecular flexibility index (Phi) is 4.80. The molecule has 0 aromatic heterocycles.